The molecule has 0 atom stereocenters. The maximum atomic E-state index is 12.8. The van der Waals surface area contributed by atoms with Crippen molar-refractivity contribution in [1.82, 2.24) is 4.90 Å². The first-order chi connectivity index (χ1) is 12.1. The fourth-order valence-electron chi connectivity index (χ4n) is 3.16. The fraction of sp³-hybridized carbons (Fsp3) is 0.350. The Kier molecular flexibility index (Phi) is 5.24. The van der Waals surface area contributed by atoms with Gasteiger partial charge in [-0.2, -0.15) is 0 Å². The predicted octanol–water partition coefficient (Wildman–Crippen LogP) is 2.69. The summed E-state index contributed by atoms with van der Waals surface area (Å²) in [5.74, 6) is -0.0124. The van der Waals surface area contributed by atoms with Gasteiger partial charge in [-0.1, -0.05) is 24.3 Å². The van der Waals surface area contributed by atoms with E-state index in [0.29, 0.717) is 17.8 Å². The van der Waals surface area contributed by atoms with Crippen LogP contribution in [0.15, 0.2) is 42.5 Å². The zero-order valence-corrected chi connectivity index (χ0v) is 14.9. The first-order valence-corrected chi connectivity index (χ1v) is 8.58. The SMILES string of the molecule is Cc1ccc(N)cc1C(=O)N(C)Cc1ccccc1N1CCOCC1. The highest BCUT2D eigenvalue weighted by Gasteiger charge is 2.19. The Balaban J connectivity index is 1.80. The van der Waals surface area contributed by atoms with Crippen LogP contribution >= 0.6 is 0 Å². The molecule has 0 radical (unpaired) electrons. The van der Waals surface area contributed by atoms with E-state index >= 15 is 0 Å². The second kappa shape index (κ2) is 7.57. The Morgan fingerprint density at radius 3 is 2.68 bits per heavy atom. The number of carbonyl (C=O) groups excluding carboxylic acids is 1. The molecule has 5 nitrogen and oxygen atoms in total. The molecular formula is C20H25N3O2. The molecule has 25 heavy (non-hydrogen) atoms. The highest BCUT2D eigenvalue weighted by Crippen LogP contribution is 2.24. The second-order valence-corrected chi connectivity index (χ2v) is 6.46. The number of hydrogen-bond donors (Lipinski definition) is 1. The van der Waals surface area contributed by atoms with E-state index in [1.807, 2.05) is 38.2 Å². The van der Waals surface area contributed by atoms with Gasteiger partial charge in [-0.25, -0.2) is 0 Å². The average molecular weight is 339 g/mol. The number of aryl methyl sites for hydroxylation is 1. The molecule has 2 aromatic carbocycles. The minimum absolute atomic E-state index is 0.0124. The quantitative estimate of drug-likeness (QED) is 0.870. The number of nitrogen functional groups attached to an aromatic ring is 1. The minimum Gasteiger partial charge on any atom is -0.399 e. The molecule has 5 heteroatoms. The molecule has 2 aromatic rings. The van der Waals surface area contributed by atoms with Crippen molar-refractivity contribution in [3.63, 3.8) is 0 Å². The van der Waals surface area contributed by atoms with Crippen LogP contribution in [0.3, 0.4) is 0 Å². The molecule has 0 aromatic heterocycles. The summed E-state index contributed by atoms with van der Waals surface area (Å²) in [4.78, 5) is 16.9. The van der Waals surface area contributed by atoms with Gasteiger partial charge in [-0.15, -0.1) is 0 Å². The standard InChI is InChI=1S/C20H25N3O2/c1-15-7-8-17(21)13-18(15)20(24)22(2)14-16-5-3-4-6-19(16)23-9-11-25-12-10-23/h3-8,13H,9-12,14,21H2,1-2H3. The summed E-state index contributed by atoms with van der Waals surface area (Å²) < 4.78 is 5.44. The number of para-hydroxylation sites is 1. The Morgan fingerprint density at radius 2 is 1.92 bits per heavy atom. The van der Waals surface area contributed by atoms with Gasteiger partial charge < -0.3 is 20.3 Å². The average Bonchev–Trinajstić information content (AvgIpc) is 2.64. The lowest BCUT2D eigenvalue weighted by Crippen LogP contribution is -2.37. The van der Waals surface area contributed by atoms with Gasteiger partial charge in [0.05, 0.1) is 13.2 Å². The number of amides is 1. The molecule has 0 aliphatic carbocycles. The topological polar surface area (TPSA) is 58.8 Å². The molecule has 1 fully saturated rings. The van der Waals surface area contributed by atoms with E-state index in [9.17, 15) is 4.79 Å². The first-order valence-electron chi connectivity index (χ1n) is 8.58. The number of ether oxygens (including phenoxy) is 1. The van der Waals surface area contributed by atoms with Crippen molar-refractivity contribution >= 4 is 17.3 Å². The van der Waals surface area contributed by atoms with Crippen molar-refractivity contribution in [2.45, 2.75) is 13.5 Å². The van der Waals surface area contributed by atoms with Crippen molar-refractivity contribution in [3.8, 4) is 0 Å². The Morgan fingerprint density at radius 1 is 1.20 bits per heavy atom. The van der Waals surface area contributed by atoms with E-state index in [-0.39, 0.29) is 5.91 Å². The second-order valence-electron chi connectivity index (χ2n) is 6.46. The zero-order valence-electron chi connectivity index (χ0n) is 14.9. The fourth-order valence-corrected chi connectivity index (χ4v) is 3.16. The van der Waals surface area contributed by atoms with E-state index in [1.165, 1.54) is 5.69 Å². The van der Waals surface area contributed by atoms with Crippen molar-refractivity contribution in [3.05, 3.63) is 59.2 Å². The van der Waals surface area contributed by atoms with Gasteiger partial charge in [0.2, 0.25) is 0 Å². The first kappa shape index (κ1) is 17.3. The smallest absolute Gasteiger partial charge is 0.254 e. The summed E-state index contributed by atoms with van der Waals surface area (Å²) in [5.41, 5.74) is 10.4. The van der Waals surface area contributed by atoms with Gasteiger partial charge in [-0.05, 0) is 36.2 Å². The van der Waals surface area contributed by atoms with Crippen molar-refractivity contribution in [1.29, 1.82) is 0 Å². The largest absolute Gasteiger partial charge is 0.399 e. The maximum Gasteiger partial charge on any atom is 0.254 e. The van der Waals surface area contributed by atoms with Crippen LogP contribution in [0, 0.1) is 6.92 Å². The molecular weight excluding hydrogens is 314 g/mol. The number of morpholine rings is 1. The van der Waals surface area contributed by atoms with E-state index in [2.05, 4.69) is 17.0 Å². The summed E-state index contributed by atoms with van der Waals surface area (Å²) >= 11 is 0. The molecule has 2 N–H and O–H groups in total. The van der Waals surface area contributed by atoms with E-state index in [0.717, 1.165) is 37.4 Å². The van der Waals surface area contributed by atoms with Crippen LogP contribution in [0.5, 0.6) is 0 Å². The normalized spacial score (nSPS) is 14.4. The van der Waals surface area contributed by atoms with Crippen molar-refractivity contribution in [2.75, 3.05) is 44.0 Å². The van der Waals surface area contributed by atoms with Crippen molar-refractivity contribution in [2.24, 2.45) is 0 Å². The van der Waals surface area contributed by atoms with Gasteiger partial charge in [0.1, 0.15) is 0 Å². The number of rotatable bonds is 4. The molecule has 0 spiro atoms. The van der Waals surface area contributed by atoms with Gasteiger partial charge in [0, 0.05) is 43.6 Å². The number of nitrogens with two attached hydrogens (primary N) is 1. The number of hydrogen-bond acceptors (Lipinski definition) is 4. The predicted molar refractivity (Wildman–Crippen MR) is 101 cm³/mol. The highest BCUT2D eigenvalue weighted by atomic mass is 16.5. The van der Waals surface area contributed by atoms with Gasteiger partial charge >= 0.3 is 0 Å². The molecule has 1 saturated heterocycles. The number of anilines is 2. The lowest BCUT2D eigenvalue weighted by molar-refractivity contribution is 0.0784. The van der Waals surface area contributed by atoms with Crippen LogP contribution in [0.4, 0.5) is 11.4 Å². The number of carbonyl (C=O) groups is 1. The summed E-state index contributed by atoms with van der Waals surface area (Å²) in [6.07, 6.45) is 0. The third-order valence-electron chi connectivity index (χ3n) is 4.59. The lowest BCUT2D eigenvalue weighted by Gasteiger charge is -2.31. The lowest BCUT2D eigenvalue weighted by atomic mass is 10.1. The zero-order chi connectivity index (χ0) is 17.8. The molecule has 3 rings (SSSR count). The third-order valence-corrected chi connectivity index (χ3v) is 4.59. The molecule has 1 amide bonds. The molecule has 1 heterocycles. The molecule has 0 bridgehead atoms. The van der Waals surface area contributed by atoms with Crippen molar-refractivity contribution < 1.29 is 9.53 Å². The van der Waals surface area contributed by atoms with Crippen LogP contribution in [0.25, 0.3) is 0 Å². The summed E-state index contributed by atoms with van der Waals surface area (Å²) in [7, 11) is 1.83. The minimum atomic E-state index is -0.0124. The Labute approximate surface area is 149 Å². The van der Waals surface area contributed by atoms with Crippen LogP contribution in [0.1, 0.15) is 21.5 Å². The van der Waals surface area contributed by atoms with E-state index in [1.54, 1.807) is 11.0 Å². The maximum absolute atomic E-state index is 12.8. The molecule has 1 aliphatic rings. The highest BCUT2D eigenvalue weighted by molar-refractivity contribution is 5.96. The number of benzene rings is 2. The monoisotopic (exact) mass is 339 g/mol. The van der Waals surface area contributed by atoms with Crippen LogP contribution < -0.4 is 10.6 Å². The molecule has 0 unspecified atom stereocenters. The molecule has 1 aliphatic heterocycles. The van der Waals surface area contributed by atoms with Gasteiger partial charge in [0.15, 0.2) is 0 Å². The third kappa shape index (κ3) is 3.94. The summed E-state index contributed by atoms with van der Waals surface area (Å²) in [6, 6.07) is 13.7. The van der Waals surface area contributed by atoms with E-state index in [4.69, 9.17) is 10.5 Å². The van der Waals surface area contributed by atoms with Crippen LogP contribution in [0.2, 0.25) is 0 Å². The van der Waals surface area contributed by atoms with Gasteiger partial charge in [-0.3, -0.25) is 4.79 Å². The van der Waals surface area contributed by atoms with Crippen LogP contribution in [-0.2, 0) is 11.3 Å². The number of nitrogens with zero attached hydrogens (tertiary/aromatic N) is 2. The molecule has 0 saturated carbocycles. The summed E-state index contributed by atoms with van der Waals surface area (Å²) in [5, 5.41) is 0. The van der Waals surface area contributed by atoms with Crippen LogP contribution in [-0.4, -0.2) is 44.2 Å². The Hall–Kier alpha value is -2.53. The molecule has 132 valence electrons. The van der Waals surface area contributed by atoms with E-state index < -0.39 is 0 Å². The Bertz CT molecular complexity index is 754. The summed E-state index contributed by atoms with van der Waals surface area (Å²) in [6.45, 7) is 5.73. The van der Waals surface area contributed by atoms with Gasteiger partial charge in [0.25, 0.3) is 5.91 Å².